The molecule has 7 heteroatoms. The first kappa shape index (κ1) is 18.1. The number of nitrogens with one attached hydrogen (secondary N) is 1. The molecule has 0 saturated carbocycles. The Labute approximate surface area is 155 Å². The van der Waals surface area contributed by atoms with E-state index >= 15 is 0 Å². The van der Waals surface area contributed by atoms with E-state index in [0.717, 1.165) is 5.56 Å². The summed E-state index contributed by atoms with van der Waals surface area (Å²) in [6.07, 6.45) is 3.33. The van der Waals surface area contributed by atoms with E-state index in [9.17, 15) is 9.18 Å². The third-order valence-electron chi connectivity index (χ3n) is 3.93. The maximum Gasteiger partial charge on any atom is 0.338 e. The van der Waals surface area contributed by atoms with E-state index in [2.05, 4.69) is 15.3 Å². The molecule has 0 spiro atoms. The number of allylic oxidation sites excluding steroid dienone is 1. The van der Waals surface area contributed by atoms with Crippen LogP contribution < -0.4 is 5.32 Å². The quantitative estimate of drug-likeness (QED) is 0.828. The average molecular weight is 374 g/mol. The van der Waals surface area contributed by atoms with Gasteiger partial charge in [-0.05, 0) is 38.1 Å². The number of carbonyl (C=O) groups is 1. The van der Waals surface area contributed by atoms with Gasteiger partial charge in [0.1, 0.15) is 17.7 Å². The van der Waals surface area contributed by atoms with Crippen molar-refractivity contribution in [3.8, 4) is 0 Å². The van der Waals surface area contributed by atoms with Gasteiger partial charge >= 0.3 is 5.97 Å². The first-order valence-corrected chi connectivity index (χ1v) is 8.47. The normalized spacial score (nSPS) is 16.8. The maximum atomic E-state index is 13.5. The second kappa shape index (κ2) is 7.66. The number of amidine groups is 1. The van der Waals surface area contributed by atoms with Crippen LogP contribution in [0.25, 0.3) is 0 Å². The molecule has 1 aromatic carbocycles. The Morgan fingerprint density at radius 2 is 2.19 bits per heavy atom. The highest BCUT2D eigenvalue weighted by atomic mass is 35.5. The van der Waals surface area contributed by atoms with Gasteiger partial charge in [0.15, 0.2) is 0 Å². The largest absolute Gasteiger partial charge is 0.463 e. The molecule has 0 fully saturated rings. The summed E-state index contributed by atoms with van der Waals surface area (Å²) in [5.74, 6) is -0.395. The number of hydrogen-bond acceptors (Lipinski definition) is 5. The first-order valence-electron chi connectivity index (χ1n) is 8.09. The number of rotatable bonds is 4. The van der Waals surface area contributed by atoms with Crippen molar-refractivity contribution in [3.05, 3.63) is 76.0 Å². The standard InChI is InChI=1S/C19H17ClFN3O2/c1-3-26-19(25)16-11(2)23-18(12-5-4-8-22-10-12)24-17(16)14-7-6-13(21)9-15(14)20/h4-10,17H,3H2,1-2H3,(H,23,24). The summed E-state index contributed by atoms with van der Waals surface area (Å²) < 4.78 is 18.6. The lowest BCUT2D eigenvalue weighted by atomic mass is 9.95. The van der Waals surface area contributed by atoms with Gasteiger partial charge in [-0.2, -0.15) is 0 Å². The molecule has 0 saturated heterocycles. The van der Waals surface area contributed by atoms with Crippen molar-refractivity contribution in [3.63, 3.8) is 0 Å². The van der Waals surface area contributed by atoms with E-state index in [1.165, 1.54) is 18.2 Å². The van der Waals surface area contributed by atoms with Gasteiger partial charge in [-0.25, -0.2) is 9.18 Å². The molecule has 2 aromatic rings. The summed E-state index contributed by atoms with van der Waals surface area (Å²) in [4.78, 5) is 21.2. The Hall–Kier alpha value is -2.73. The second-order valence-electron chi connectivity index (χ2n) is 5.67. The molecule has 3 rings (SSSR count). The number of aromatic nitrogens is 1. The van der Waals surface area contributed by atoms with E-state index in [-0.39, 0.29) is 11.6 Å². The lowest BCUT2D eigenvalue weighted by molar-refractivity contribution is -0.138. The number of esters is 1. The minimum atomic E-state index is -0.710. The zero-order valence-electron chi connectivity index (χ0n) is 14.3. The molecule has 134 valence electrons. The van der Waals surface area contributed by atoms with Crippen molar-refractivity contribution < 1.29 is 13.9 Å². The van der Waals surface area contributed by atoms with E-state index in [4.69, 9.17) is 16.3 Å². The van der Waals surface area contributed by atoms with E-state index < -0.39 is 17.8 Å². The summed E-state index contributed by atoms with van der Waals surface area (Å²) in [6.45, 7) is 3.73. The lowest BCUT2D eigenvalue weighted by Crippen LogP contribution is -2.33. The highest BCUT2D eigenvalue weighted by Gasteiger charge is 2.32. The molecule has 0 amide bonds. The molecular weight excluding hydrogens is 357 g/mol. The Morgan fingerprint density at radius 3 is 2.85 bits per heavy atom. The summed E-state index contributed by atoms with van der Waals surface area (Å²) in [7, 11) is 0. The zero-order chi connectivity index (χ0) is 18.7. The summed E-state index contributed by atoms with van der Waals surface area (Å²) in [5.41, 5.74) is 2.23. The molecule has 0 bridgehead atoms. The van der Waals surface area contributed by atoms with Crippen LogP contribution in [-0.2, 0) is 9.53 Å². The summed E-state index contributed by atoms with van der Waals surface area (Å²) >= 11 is 6.23. The van der Waals surface area contributed by atoms with Crippen molar-refractivity contribution in [1.82, 2.24) is 10.3 Å². The smallest absolute Gasteiger partial charge is 0.338 e. The third kappa shape index (κ3) is 3.60. The minimum Gasteiger partial charge on any atom is -0.463 e. The molecule has 0 radical (unpaired) electrons. The van der Waals surface area contributed by atoms with Crippen LogP contribution in [-0.4, -0.2) is 23.4 Å². The van der Waals surface area contributed by atoms with E-state index in [1.807, 2.05) is 6.07 Å². The Balaban J connectivity index is 2.12. The number of pyridine rings is 1. The Bertz CT molecular complexity index is 897. The van der Waals surface area contributed by atoms with Crippen LogP contribution in [0.2, 0.25) is 5.02 Å². The van der Waals surface area contributed by atoms with Crippen LogP contribution in [0.5, 0.6) is 0 Å². The van der Waals surface area contributed by atoms with Crippen LogP contribution in [0.15, 0.2) is 59.0 Å². The number of halogens is 2. The molecule has 26 heavy (non-hydrogen) atoms. The number of ether oxygens (including phenoxy) is 1. The average Bonchev–Trinajstić information content (AvgIpc) is 2.62. The number of nitrogens with zero attached hydrogens (tertiary/aromatic N) is 2. The van der Waals surface area contributed by atoms with Crippen LogP contribution in [0.3, 0.4) is 0 Å². The number of carbonyl (C=O) groups excluding carboxylic acids is 1. The number of hydrogen-bond donors (Lipinski definition) is 1. The summed E-state index contributed by atoms with van der Waals surface area (Å²) in [6, 6.07) is 6.96. The SMILES string of the molecule is CCOC(=O)C1=C(C)NC(c2cccnc2)=NC1c1ccc(F)cc1Cl. The molecule has 1 aliphatic rings. The molecular formula is C19H17ClFN3O2. The molecule has 2 heterocycles. The van der Waals surface area contributed by atoms with Crippen LogP contribution in [0.1, 0.15) is 31.0 Å². The third-order valence-corrected chi connectivity index (χ3v) is 4.26. The molecule has 1 N–H and O–H groups in total. The predicted molar refractivity (Wildman–Crippen MR) is 97.4 cm³/mol. The highest BCUT2D eigenvalue weighted by Crippen LogP contribution is 2.36. The topological polar surface area (TPSA) is 63.6 Å². The zero-order valence-corrected chi connectivity index (χ0v) is 15.0. The van der Waals surface area contributed by atoms with Crippen LogP contribution in [0, 0.1) is 5.82 Å². The van der Waals surface area contributed by atoms with Crippen LogP contribution >= 0.6 is 11.6 Å². The molecule has 1 unspecified atom stereocenters. The minimum absolute atomic E-state index is 0.195. The van der Waals surface area contributed by atoms with Gasteiger partial charge in [0, 0.05) is 34.2 Å². The fourth-order valence-corrected chi connectivity index (χ4v) is 3.02. The van der Waals surface area contributed by atoms with Crippen molar-refractivity contribution in [2.24, 2.45) is 4.99 Å². The maximum absolute atomic E-state index is 13.5. The predicted octanol–water partition coefficient (Wildman–Crippen LogP) is 3.80. The van der Waals surface area contributed by atoms with E-state index in [1.54, 1.807) is 32.3 Å². The van der Waals surface area contributed by atoms with Gasteiger partial charge in [-0.1, -0.05) is 17.7 Å². The lowest BCUT2D eigenvalue weighted by Gasteiger charge is -2.26. The van der Waals surface area contributed by atoms with Crippen LogP contribution in [0.4, 0.5) is 4.39 Å². The summed E-state index contributed by atoms with van der Waals surface area (Å²) in [5, 5.41) is 3.32. The van der Waals surface area contributed by atoms with Gasteiger partial charge in [0.05, 0.1) is 12.2 Å². The fraction of sp³-hybridized carbons (Fsp3) is 0.211. The number of benzene rings is 1. The van der Waals surface area contributed by atoms with Gasteiger partial charge in [-0.3, -0.25) is 9.98 Å². The van der Waals surface area contributed by atoms with Crippen molar-refractivity contribution in [1.29, 1.82) is 0 Å². The van der Waals surface area contributed by atoms with Gasteiger partial charge in [0.2, 0.25) is 0 Å². The molecule has 1 aliphatic heterocycles. The molecule has 0 aliphatic carbocycles. The van der Waals surface area contributed by atoms with Crippen molar-refractivity contribution in [2.75, 3.05) is 6.61 Å². The Kier molecular flexibility index (Phi) is 5.32. The van der Waals surface area contributed by atoms with Crippen molar-refractivity contribution in [2.45, 2.75) is 19.9 Å². The first-order chi connectivity index (χ1) is 12.5. The van der Waals surface area contributed by atoms with Crippen molar-refractivity contribution >= 4 is 23.4 Å². The van der Waals surface area contributed by atoms with E-state index in [0.29, 0.717) is 22.7 Å². The van der Waals surface area contributed by atoms with Gasteiger partial charge < -0.3 is 10.1 Å². The Morgan fingerprint density at radius 1 is 1.38 bits per heavy atom. The monoisotopic (exact) mass is 373 g/mol. The molecule has 1 atom stereocenters. The number of aliphatic imine (C=N–C) groups is 1. The van der Waals surface area contributed by atoms with Gasteiger partial charge in [0.25, 0.3) is 0 Å². The fourth-order valence-electron chi connectivity index (χ4n) is 2.75. The van der Waals surface area contributed by atoms with Gasteiger partial charge in [-0.15, -0.1) is 0 Å². The molecule has 5 nitrogen and oxygen atoms in total. The second-order valence-corrected chi connectivity index (χ2v) is 6.08. The molecule has 1 aromatic heterocycles. The highest BCUT2D eigenvalue weighted by molar-refractivity contribution is 6.31.